The standard InChI is InChI=1S/C21H31BrN2O5/c1-21(2,3)29-20(26)24-10-6-7-15(13-24)19(25)23-9-8-14-11-17(27-4)18(28-5)12-16(14)22/h11-12,15H,6-10,13H2,1-5H3,(H,23,25). The smallest absolute Gasteiger partial charge is 0.410 e. The van der Waals surface area contributed by atoms with Gasteiger partial charge in [0.1, 0.15) is 5.60 Å². The highest BCUT2D eigenvalue weighted by atomic mass is 79.9. The van der Waals surface area contributed by atoms with Crippen LogP contribution in [0.4, 0.5) is 4.79 Å². The summed E-state index contributed by atoms with van der Waals surface area (Å²) in [4.78, 5) is 26.5. The van der Waals surface area contributed by atoms with Crippen molar-refractivity contribution in [1.82, 2.24) is 10.2 Å². The van der Waals surface area contributed by atoms with E-state index < -0.39 is 5.60 Å². The lowest BCUT2D eigenvalue weighted by Crippen LogP contribution is -2.47. The summed E-state index contributed by atoms with van der Waals surface area (Å²) in [7, 11) is 3.19. The van der Waals surface area contributed by atoms with Crippen molar-refractivity contribution >= 4 is 27.9 Å². The van der Waals surface area contributed by atoms with Gasteiger partial charge in [0.2, 0.25) is 5.91 Å². The van der Waals surface area contributed by atoms with Gasteiger partial charge in [0.15, 0.2) is 11.5 Å². The molecule has 1 fully saturated rings. The Morgan fingerprint density at radius 1 is 1.21 bits per heavy atom. The molecule has 2 amide bonds. The summed E-state index contributed by atoms with van der Waals surface area (Å²) >= 11 is 3.54. The number of benzene rings is 1. The fourth-order valence-electron chi connectivity index (χ4n) is 3.24. The number of rotatable bonds is 6. The number of piperidine rings is 1. The molecule has 7 nitrogen and oxygen atoms in total. The Morgan fingerprint density at radius 2 is 1.86 bits per heavy atom. The molecule has 0 aliphatic carbocycles. The number of nitrogens with zero attached hydrogens (tertiary/aromatic N) is 1. The maximum absolute atomic E-state index is 12.6. The van der Waals surface area contributed by atoms with Crippen LogP contribution in [0, 0.1) is 5.92 Å². The summed E-state index contributed by atoms with van der Waals surface area (Å²) in [5.41, 5.74) is 0.473. The van der Waals surface area contributed by atoms with Crippen LogP contribution in [0.5, 0.6) is 11.5 Å². The Morgan fingerprint density at radius 3 is 2.48 bits per heavy atom. The molecule has 1 saturated heterocycles. The molecule has 1 heterocycles. The highest BCUT2D eigenvalue weighted by Gasteiger charge is 2.30. The third-order valence-corrected chi connectivity index (χ3v) is 5.43. The number of methoxy groups -OCH3 is 2. The van der Waals surface area contributed by atoms with Crippen LogP contribution in [0.3, 0.4) is 0 Å². The lowest BCUT2D eigenvalue weighted by molar-refractivity contribution is -0.126. The number of carbonyl (C=O) groups excluding carboxylic acids is 2. The number of likely N-dealkylation sites (tertiary alicyclic amines) is 1. The Labute approximate surface area is 181 Å². The summed E-state index contributed by atoms with van der Waals surface area (Å²) in [5.74, 6) is 1.05. The van der Waals surface area contributed by atoms with Gasteiger partial charge in [-0.2, -0.15) is 0 Å². The van der Waals surface area contributed by atoms with Crippen LogP contribution in [0.15, 0.2) is 16.6 Å². The minimum absolute atomic E-state index is 0.0325. The molecule has 29 heavy (non-hydrogen) atoms. The van der Waals surface area contributed by atoms with Crippen LogP contribution in [0.25, 0.3) is 0 Å². The Hall–Kier alpha value is -1.96. The molecule has 1 unspecified atom stereocenters. The van der Waals surface area contributed by atoms with Gasteiger partial charge in [0, 0.05) is 24.1 Å². The molecular weight excluding hydrogens is 440 g/mol. The van der Waals surface area contributed by atoms with Crippen molar-refractivity contribution in [3.63, 3.8) is 0 Å². The van der Waals surface area contributed by atoms with Gasteiger partial charge in [-0.1, -0.05) is 15.9 Å². The molecule has 8 heteroatoms. The third-order valence-electron chi connectivity index (χ3n) is 4.69. The predicted octanol–water partition coefficient (Wildman–Crippen LogP) is 3.77. The molecule has 1 aromatic carbocycles. The van der Waals surface area contributed by atoms with Gasteiger partial charge in [-0.15, -0.1) is 0 Å². The maximum atomic E-state index is 12.6. The summed E-state index contributed by atoms with van der Waals surface area (Å²) < 4.78 is 17.0. The van der Waals surface area contributed by atoms with Gasteiger partial charge in [-0.25, -0.2) is 4.79 Å². The molecule has 1 atom stereocenters. The van der Waals surface area contributed by atoms with Crippen molar-refractivity contribution in [1.29, 1.82) is 0 Å². The van der Waals surface area contributed by atoms with E-state index in [4.69, 9.17) is 14.2 Å². The van der Waals surface area contributed by atoms with Crippen LogP contribution in [-0.4, -0.2) is 56.4 Å². The number of nitrogens with one attached hydrogen (secondary N) is 1. The molecule has 1 aliphatic heterocycles. The molecule has 0 radical (unpaired) electrons. The zero-order valence-corrected chi connectivity index (χ0v) is 19.4. The fraction of sp³-hybridized carbons (Fsp3) is 0.619. The average molecular weight is 471 g/mol. The number of ether oxygens (including phenoxy) is 3. The van der Waals surface area contributed by atoms with Gasteiger partial charge >= 0.3 is 6.09 Å². The maximum Gasteiger partial charge on any atom is 0.410 e. The second kappa shape index (κ2) is 10.2. The summed E-state index contributed by atoms with van der Waals surface area (Å²) in [6.07, 6.45) is 1.85. The van der Waals surface area contributed by atoms with Crippen LogP contribution in [0.1, 0.15) is 39.2 Å². The van der Waals surface area contributed by atoms with Gasteiger partial charge < -0.3 is 24.4 Å². The molecule has 2 rings (SSSR count). The number of hydrogen-bond acceptors (Lipinski definition) is 5. The summed E-state index contributed by atoms with van der Waals surface area (Å²) in [6.45, 7) is 7.02. The van der Waals surface area contributed by atoms with E-state index in [1.54, 1.807) is 19.1 Å². The van der Waals surface area contributed by atoms with Crippen LogP contribution < -0.4 is 14.8 Å². The van der Waals surface area contributed by atoms with Gasteiger partial charge in [-0.05, 0) is 57.7 Å². The predicted molar refractivity (Wildman–Crippen MR) is 114 cm³/mol. The zero-order chi connectivity index (χ0) is 21.6. The van der Waals surface area contributed by atoms with Gasteiger partial charge in [-0.3, -0.25) is 4.79 Å². The first-order chi connectivity index (χ1) is 13.6. The fourth-order valence-corrected chi connectivity index (χ4v) is 3.76. The topological polar surface area (TPSA) is 77.1 Å². The molecule has 1 aromatic rings. The molecule has 1 N–H and O–H groups in total. The van der Waals surface area contributed by atoms with E-state index >= 15 is 0 Å². The number of hydrogen-bond donors (Lipinski definition) is 1. The van der Waals surface area contributed by atoms with Crippen LogP contribution in [0.2, 0.25) is 0 Å². The van der Waals surface area contributed by atoms with Crippen molar-refractivity contribution < 1.29 is 23.8 Å². The van der Waals surface area contributed by atoms with Crippen molar-refractivity contribution in [2.45, 2.75) is 45.6 Å². The first-order valence-corrected chi connectivity index (χ1v) is 10.6. The number of carbonyl (C=O) groups is 2. The van der Waals surface area contributed by atoms with Crippen molar-refractivity contribution in [3.05, 3.63) is 22.2 Å². The number of halogens is 1. The molecule has 1 aliphatic rings. The Kier molecular flexibility index (Phi) is 8.19. The average Bonchev–Trinajstić information content (AvgIpc) is 2.67. The van der Waals surface area contributed by atoms with Crippen molar-refractivity contribution in [3.8, 4) is 11.5 Å². The van der Waals surface area contributed by atoms with Crippen molar-refractivity contribution in [2.75, 3.05) is 33.9 Å². The second-order valence-corrected chi connectivity index (χ2v) is 8.96. The molecule has 162 valence electrons. The quantitative estimate of drug-likeness (QED) is 0.684. The van der Waals surface area contributed by atoms with Crippen molar-refractivity contribution in [2.24, 2.45) is 5.92 Å². The third kappa shape index (κ3) is 6.80. The van der Waals surface area contributed by atoms with E-state index in [2.05, 4.69) is 21.2 Å². The molecule has 0 bridgehead atoms. The lowest BCUT2D eigenvalue weighted by atomic mass is 9.97. The number of amides is 2. The summed E-state index contributed by atoms with van der Waals surface area (Å²) in [5, 5.41) is 2.99. The minimum atomic E-state index is -0.543. The van der Waals surface area contributed by atoms with Gasteiger partial charge in [0.25, 0.3) is 0 Å². The normalized spacial score (nSPS) is 16.9. The van der Waals surface area contributed by atoms with E-state index in [-0.39, 0.29) is 17.9 Å². The SMILES string of the molecule is COc1cc(Br)c(CCNC(=O)C2CCCN(C(=O)OC(C)(C)C)C2)cc1OC. The van der Waals surface area contributed by atoms with E-state index in [9.17, 15) is 9.59 Å². The lowest BCUT2D eigenvalue weighted by Gasteiger charge is -2.33. The van der Waals surface area contributed by atoms with E-state index in [1.165, 1.54) is 0 Å². The zero-order valence-electron chi connectivity index (χ0n) is 17.8. The van der Waals surface area contributed by atoms with E-state index in [0.29, 0.717) is 37.6 Å². The van der Waals surface area contributed by atoms with Crippen LogP contribution >= 0.6 is 15.9 Å². The molecule has 0 saturated carbocycles. The Bertz CT molecular complexity index is 733. The largest absolute Gasteiger partial charge is 0.493 e. The first-order valence-electron chi connectivity index (χ1n) is 9.80. The van der Waals surface area contributed by atoms with Crippen LogP contribution in [-0.2, 0) is 16.0 Å². The van der Waals surface area contributed by atoms with E-state index in [1.807, 2.05) is 32.9 Å². The second-order valence-electron chi connectivity index (χ2n) is 8.11. The summed E-state index contributed by atoms with van der Waals surface area (Å²) in [6, 6.07) is 3.76. The minimum Gasteiger partial charge on any atom is -0.493 e. The molecular formula is C21H31BrN2O5. The van der Waals surface area contributed by atoms with E-state index in [0.717, 1.165) is 22.9 Å². The Balaban J connectivity index is 1.88. The highest BCUT2D eigenvalue weighted by Crippen LogP contribution is 2.33. The monoisotopic (exact) mass is 470 g/mol. The highest BCUT2D eigenvalue weighted by molar-refractivity contribution is 9.10. The molecule has 0 spiro atoms. The van der Waals surface area contributed by atoms with Gasteiger partial charge in [0.05, 0.1) is 20.1 Å². The molecule has 0 aromatic heterocycles. The first kappa shape index (κ1) is 23.3.